The third-order valence-electron chi connectivity index (χ3n) is 4.72. The molecule has 4 rings (SSSR count). The molecule has 1 atom stereocenters. The van der Waals surface area contributed by atoms with Gasteiger partial charge in [0.2, 0.25) is 0 Å². The highest BCUT2D eigenvalue weighted by molar-refractivity contribution is 7.94. The number of rotatable bonds is 4. The van der Waals surface area contributed by atoms with Crippen LogP contribution < -0.4 is 14.9 Å². The number of benzene rings is 1. The fourth-order valence-corrected chi connectivity index (χ4v) is 5.84. The summed E-state index contributed by atoms with van der Waals surface area (Å²) in [5.74, 6) is 0. The molecular formula is C18H21N3O3S3. The normalized spacial score (nSPS) is 19.8. The molecule has 1 fully saturated rings. The second-order valence-electron chi connectivity index (χ2n) is 6.80. The lowest BCUT2D eigenvalue weighted by atomic mass is 10.0. The predicted octanol–water partition coefficient (Wildman–Crippen LogP) is 3.81. The van der Waals surface area contributed by atoms with Gasteiger partial charge in [0.25, 0.3) is 15.2 Å². The highest BCUT2D eigenvalue weighted by Gasteiger charge is 2.25. The molecule has 2 N–H and O–H groups in total. The molecule has 0 spiro atoms. The van der Waals surface area contributed by atoms with Crippen molar-refractivity contribution in [1.82, 2.24) is 0 Å². The molecule has 0 saturated carbocycles. The van der Waals surface area contributed by atoms with Gasteiger partial charge in [0.05, 0.1) is 11.4 Å². The number of hydrogen-bond acceptors (Lipinski definition) is 6. The summed E-state index contributed by atoms with van der Waals surface area (Å²) in [6.45, 7) is 3.76. The van der Waals surface area contributed by atoms with Gasteiger partial charge in [0.15, 0.2) is 0 Å². The van der Waals surface area contributed by atoms with E-state index in [-0.39, 0.29) is 6.10 Å². The second-order valence-corrected chi connectivity index (χ2v) is 10.0. The van der Waals surface area contributed by atoms with Crippen LogP contribution in [0.1, 0.15) is 25.3 Å². The van der Waals surface area contributed by atoms with Gasteiger partial charge in [-0.2, -0.15) is 0 Å². The smallest absolute Gasteiger partial charge is 0.271 e. The molecule has 1 unspecified atom stereocenters. The highest BCUT2D eigenvalue weighted by atomic mass is 32.2. The molecule has 144 valence electrons. The zero-order valence-corrected chi connectivity index (χ0v) is 17.3. The fourth-order valence-electron chi connectivity index (χ4n) is 3.50. The van der Waals surface area contributed by atoms with Crippen LogP contribution in [0.5, 0.6) is 0 Å². The summed E-state index contributed by atoms with van der Waals surface area (Å²) in [6, 6.07) is 7.25. The Morgan fingerprint density at radius 1 is 1.33 bits per heavy atom. The largest absolute Gasteiger partial charge is 0.467 e. The molecule has 2 aliphatic rings. The molecule has 27 heavy (non-hydrogen) atoms. The van der Waals surface area contributed by atoms with Gasteiger partial charge >= 0.3 is 0 Å². The van der Waals surface area contributed by atoms with E-state index >= 15 is 0 Å². The Labute approximate surface area is 168 Å². The maximum atomic E-state index is 12.8. The lowest BCUT2D eigenvalue weighted by Gasteiger charge is -2.24. The quantitative estimate of drug-likeness (QED) is 0.729. The number of ether oxygens (including phenoxy) is 1. The number of hydrogen-bond donors (Lipinski definition) is 2. The second kappa shape index (κ2) is 7.29. The Morgan fingerprint density at radius 2 is 2.11 bits per heavy atom. The summed E-state index contributed by atoms with van der Waals surface area (Å²) in [6.07, 6.45) is 2.77. The summed E-state index contributed by atoms with van der Waals surface area (Å²) >= 11 is 6.45. The fraction of sp³-hybridized carbons (Fsp3) is 0.389. The highest BCUT2D eigenvalue weighted by Crippen LogP contribution is 2.37. The Kier molecular flexibility index (Phi) is 5.00. The Hall–Kier alpha value is -1.84. The van der Waals surface area contributed by atoms with Gasteiger partial charge in [-0.1, -0.05) is 6.07 Å². The summed E-state index contributed by atoms with van der Waals surface area (Å²) in [7, 11) is -3.62. The van der Waals surface area contributed by atoms with E-state index < -0.39 is 10.0 Å². The Bertz CT molecular complexity index is 952. The monoisotopic (exact) mass is 423 g/mol. The number of thiophene rings is 1. The summed E-state index contributed by atoms with van der Waals surface area (Å²) < 4.78 is 34.3. The molecule has 1 aromatic heterocycles. The maximum Gasteiger partial charge on any atom is 0.271 e. The first-order chi connectivity index (χ1) is 12.9. The molecule has 1 aromatic carbocycles. The van der Waals surface area contributed by atoms with Crippen LogP contribution in [0.3, 0.4) is 0 Å². The zero-order chi connectivity index (χ0) is 19.0. The zero-order valence-electron chi connectivity index (χ0n) is 14.9. The molecule has 9 heteroatoms. The van der Waals surface area contributed by atoms with E-state index in [1.807, 2.05) is 19.1 Å². The molecule has 2 aliphatic heterocycles. The van der Waals surface area contributed by atoms with Crippen LogP contribution in [0.25, 0.3) is 0 Å². The van der Waals surface area contributed by atoms with Crippen LogP contribution in [0.4, 0.5) is 17.1 Å². The van der Waals surface area contributed by atoms with E-state index in [1.54, 1.807) is 17.5 Å². The van der Waals surface area contributed by atoms with Crippen molar-refractivity contribution in [2.75, 3.05) is 28.0 Å². The summed E-state index contributed by atoms with van der Waals surface area (Å²) in [5.41, 5.74) is 3.33. The van der Waals surface area contributed by atoms with Crippen molar-refractivity contribution in [2.24, 2.45) is 0 Å². The van der Waals surface area contributed by atoms with Crippen molar-refractivity contribution < 1.29 is 13.2 Å². The van der Waals surface area contributed by atoms with E-state index in [1.165, 1.54) is 11.3 Å². The van der Waals surface area contributed by atoms with Crippen LogP contribution in [0, 0.1) is 0 Å². The van der Waals surface area contributed by atoms with Gasteiger partial charge in [-0.25, -0.2) is 8.42 Å². The molecule has 0 radical (unpaired) electrons. The standard InChI is InChI=1S/C18H21N3O3S3/c1-12-9-13-10-15(20-27(22,23)17-5-4-8-26-17)16(21-6-2-3-7-21)11-14(13)19-18(25)24-12/h4-5,8,10-12,20H,2-3,6-7,9H2,1H3,(H,19,25). The first-order valence-electron chi connectivity index (χ1n) is 8.88. The average Bonchev–Trinajstić information content (AvgIpc) is 3.27. The van der Waals surface area contributed by atoms with Gasteiger partial charge in [-0.3, -0.25) is 4.72 Å². The van der Waals surface area contributed by atoms with E-state index in [4.69, 9.17) is 17.0 Å². The molecular weight excluding hydrogens is 402 g/mol. The molecule has 0 amide bonds. The van der Waals surface area contributed by atoms with E-state index in [0.717, 1.165) is 42.9 Å². The first kappa shape index (κ1) is 18.5. The molecule has 6 nitrogen and oxygen atoms in total. The van der Waals surface area contributed by atoms with Crippen molar-refractivity contribution in [1.29, 1.82) is 0 Å². The Morgan fingerprint density at radius 3 is 2.81 bits per heavy atom. The van der Waals surface area contributed by atoms with Gasteiger partial charge in [-0.15, -0.1) is 11.3 Å². The van der Waals surface area contributed by atoms with Crippen LogP contribution in [-0.4, -0.2) is 32.8 Å². The van der Waals surface area contributed by atoms with Crippen LogP contribution in [0.2, 0.25) is 0 Å². The van der Waals surface area contributed by atoms with Gasteiger partial charge in [0.1, 0.15) is 10.3 Å². The van der Waals surface area contributed by atoms with Gasteiger partial charge in [-0.05, 0) is 61.1 Å². The molecule has 0 aliphatic carbocycles. The average molecular weight is 424 g/mol. The number of fused-ring (bicyclic) bond motifs is 1. The lowest BCUT2D eigenvalue weighted by molar-refractivity contribution is 0.217. The minimum Gasteiger partial charge on any atom is -0.467 e. The minimum absolute atomic E-state index is 0.0781. The molecule has 2 aromatic rings. The number of thiocarbonyl (C=S) groups is 1. The topological polar surface area (TPSA) is 70.7 Å². The molecule has 0 bridgehead atoms. The van der Waals surface area contributed by atoms with Crippen LogP contribution in [-0.2, 0) is 21.2 Å². The van der Waals surface area contributed by atoms with E-state index in [0.29, 0.717) is 21.5 Å². The van der Waals surface area contributed by atoms with Crippen molar-refractivity contribution in [3.05, 3.63) is 35.2 Å². The maximum absolute atomic E-state index is 12.8. The molecule has 3 heterocycles. The van der Waals surface area contributed by atoms with Crippen molar-refractivity contribution in [2.45, 2.75) is 36.5 Å². The predicted molar refractivity (Wildman–Crippen MR) is 113 cm³/mol. The number of anilines is 3. The van der Waals surface area contributed by atoms with Crippen LogP contribution >= 0.6 is 23.6 Å². The van der Waals surface area contributed by atoms with Gasteiger partial charge < -0.3 is 15.0 Å². The number of nitrogens with one attached hydrogen (secondary N) is 2. The van der Waals surface area contributed by atoms with Crippen molar-refractivity contribution in [3.8, 4) is 0 Å². The summed E-state index contributed by atoms with van der Waals surface area (Å²) in [4.78, 5) is 2.21. The summed E-state index contributed by atoms with van der Waals surface area (Å²) in [5, 5.41) is 5.25. The SMILES string of the molecule is CC1Cc2cc(NS(=O)(=O)c3cccs3)c(N3CCCC3)cc2NC(=S)O1. The van der Waals surface area contributed by atoms with E-state index in [2.05, 4.69) is 14.9 Å². The van der Waals surface area contributed by atoms with Crippen molar-refractivity contribution in [3.63, 3.8) is 0 Å². The van der Waals surface area contributed by atoms with Gasteiger partial charge in [0, 0.05) is 25.2 Å². The lowest BCUT2D eigenvalue weighted by Crippen LogP contribution is -2.22. The Balaban J connectivity index is 1.78. The number of sulfonamides is 1. The van der Waals surface area contributed by atoms with E-state index in [9.17, 15) is 8.42 Å². The first-order valence-corrected chi connectivity index (χ1v) is 11.7. The van der Waals surface area contributed by atoms with Crippen molar-refractivity contribution >= 4 is 55.8 Å². The third kappa shape index (κ3) is 3.90. The van der Waals surface area contributed by atoms with Crippen LogP contribution in [0.15, 0.2) is 33.9 Å². The third-order valence-corrected chi connectivity index (χ3v) is 7.69. The molecule has 1 saturated heterocycles. The minimum atomic E-state index is -3.62. The number of nitrogens with zero attached hydrogens (tertiary/aromatic N) is 1.